The van der Waals surface area contributed by atoms with Gasteiger partial charge in [0.05, 0.1) is 0 Å². The van der Waals surface area contributed by atoms with Crippen LogP contribution in [0.2, 0.25) is 0 Å². The highest BCUT2D eigenvalue weighted by Gasteiger charge is 2.08. The second kappa shape index (κ2) is 7.34. The summed E-state index contributed by atoms with van der Waals surface area (Å²) in [7, 11) is 0. The van der Waals surface area contributed by atoms with E-state index in [1.54, 1.807) is 0 Å². The Bertz CT molecular complexity index is 115. The molecular weight excluding hydrogens is 162 g/mol. The SMILES string of the molecule is CC(C)C[C@H](C)N[C@H](C)CCCO. The molecule has 2 nitrogen and oxygen atoms in total. The van der Waals surface area contributed by atoms with Crippen LogP contribution in [0.25, 0.3) is 0 Å². The quantitative estimate of drug-likeness (QED) is 0.640. The molecule has 0 amide bonds. The molecule has 0 aromatic rings. The molecular formula is C11H25NO. The van der Waals surface area contributed by atoms with Gasteiger partial charge in [0.15, 0.2) is 0 Å². The highest BCUT2D eigenvalue weighted by molar-refractivity contribution is 4.68. The summed E-state index contributed by atoms with van der Waals surface area (Å²) >= 11 is 0. The van der Waals surface area contributed by atoms with Crippen molar-refractivity contribution in [2.75, 3.05) is 6.61 Å². The predicted octanol–water partition coefficient (Wildman–Crippen LogP) is 2.17. The maximum Gasteiger partial charge on any atom is 0.0431 e. The molecule has 0 spiro atoms. The molecule has 0 aliphatic heterocycles. The van der Waals surface area contributed by atoms with Crippen molar-refractivity contribution in [1.82, 2.24) is 5.32 Å². The van der Waals surface area contributed by atoms with Gasteiger partial charge in [-0.2, -0.15) is 0 Å². The molecule has 0 fully saturated rings. The van der Waals surface area contributed by atoms with E-state index in [0.717, 1.165) is 18.8 Å². The van der Waals surface area contributed by atoms with E-state index in [4.69, 9.17) is 5.11 Å². The van der Waals surface area contributed by atoms with Crippen LogP contribution in [0, 0.1) is 5.92 Å². The lowest BCUT2D eigenvalue weighted by Crippen LogP contribution is -2.35. The van der Waals surface area contributed by atoms with Gasteiger partial charge >= 0.3 is 0 Å². The zero-order valence-corrected chi connectivity index (χ0v) is 9.51. The second-order valence-corrected chi connectivity index (χ2v) is 4.46. The number of hydrogen-bond acceptors (Lipinski definition) is 2. The molecule has 80 valence electrons. The molecule has 0 unspecified atom stereocenters. The topological polar surface area (TPSA) is 32.3 Å². The van der Waals surface area contributed by atoms with Gasteiger partial charge in [0.2, 0.25) is 0 Å². The molecule has 0 aromatic heterocycles. The third kappa shape index (κ3) is 8.26. The molecule has 0 saturated carbocycles. The van der Waals surface area contributed by atoms with Crippen molar-refractivity contribution >= 4 is 0 Å². The molecule has 0 rings (SSSR count). The van der Waals surface area contributed by atoms with Crippen LogP contribution in [0.3, 0.4) is 0 Å². The third-order valence-corrected chi connectivity index (χ3v) is 2.19. The minimum atomic E-state index is 0.310. The lowest BCUT2D eigenvalue weighted by molar-refractivity contribution is 0.272. The number of hydrogen-bond donors (Lipinski definition) is 2. The molecule has 0 aliphatic carbocycles. The van der Waals surface area contributed by atoms with Crippen molar-refractivity contribution in [1.29, 1.82) is 0 Å². The van der Waals surface area contributed by atoms with E-state index in [9.17, 15) is 0 Å². The van der Waals surface area contributed by atoms with E-state index in [2.05, 4.69) is 33.0 Å². The first kappa shape index (κ1) is 12.9. The van der Waals surface area contributed by atoms with Crippen molar-refractivity contribution in [2.24, 2.45) is 5.92 Å². The molecule has 0 heterocycles. The fourth-order valence-electron chi connectivity index (χ4n) is 1.74. The Morgan fingerprint density at radius 2 is 1.69 bits per heavy atom. The van der Waals surface area contributed by atoms with Gasteiger partial charge < -0.3 is 10.4 Å². The van der Waals surface area contributed by atoms with E-state index >= 15 is 0 Å². The molecule has 0 radical (unpaired) electrons. The van der Waals surface area contributed by atoms with Gasteiger partial charge in [-0.3, -0.25) is 0 Å². The summed E-state index contributed by atoms with van der Waals surface area (Å²) in [5.41, 5.74) is 0. The lowest BCUT2D eigenvalue weighted by atomic mass is 10.0. The summed E-state index contributed by atoms with van der Waals surface area (Å²) in [5, 5.41) is 12.2. The Balaban J connectivity index is 3.46. The van der Waals surface area contributed by atoms with E-state index in [1.807, 2.05) is 0 Å². The van der Waals surface area contributed by atoms with Crippen LogP contribution in [0.15, 0.2) is 0 Å². The van der Waals surface area contributed by atoms with Crippen molar-refractivity contribution in [3.8, 4) is 0 Å². The van der Waals surface area contributed by atoms with Crippen LogP contribution in [0.4, 0.5) is 0 Å². The predicted molar refractivity (Wildman–Crippen MR) is 57.8 cm³/mol. The van der Waals surface area contributed by atoms with Gasteiger partial charge in [0.25, 0.3) is 0 Å². The number of nitrogens with one attached hydrogen (secondary N) is 1. The summed E-state index contributed by atoms with van der Waals surface area (Å²) in [6.07, 6.45) is 3.20. The van der Waals surface area contributed by atoms with Crippen LogP contribution in [-0.2, 0) is 0 Å². The monoisotopic (exact) mass is 187 g/mol. The summed E-state index contributed by atoms with van der Waals surface area (Å²) < 4.78 is 0. The maximum absolute atomic E-state index is 8.67. The fourth-order valence-corrected chi connectivity index (χ4v) is 1.74. The van der Waals surface area contributed by atoms with Gasteiger partial charge in [0, 0.05) is 18.7 Å². The lowest BCUT2D eigenvalue weighted by Gasteiger charge is -2.21. The van der Waals surface area contributed by atoms with Gasteiger partial charge in [0.1, 0.15) is 0 Å². The summed E-state index contributed by atoms with van der Waals surface area (Å²) in [4.78, 5) is 0. The number of aliphatic hydroxyl groups excluding tert-OH is 1. The summed E-state index contributed by atoms with van der Waals surface area (Å²) in [6, 6.07) is 1.12. The van der Waals surface area contributed by atoms with Crippen LogP contribution in [0.5, 0.6) is 0 Å². The van der Waals surface area contributed by atoms with Crippen molar-refractivity contribution in [2.45, 2.75) is 59.0 Å². The first-order valence-electron chi connectivity index (χ1n) is 5.43. The molecule has 2 atom stereocenters. The van der Waals surface area contributed by atoms with Crippen molar-refractivity contribution in [3.05, 3.63) is 0 Å². The van der Waals surface area contributed by atoms with Crippen molar-refractivity contribution in [3.63, 3.8) is 0 Å². The van der Waals surface area contributed by atoms with Crippen molar-refractivity contribution < 1.29 is 5.11 Å². The van der Waals surface area contributed by atoms with E-state index < -0.39 is 0 Å². The first-order valence-corrected chi connectivity index (χ1v) is 5.43. The molecule has 0 bridgehead atoms. The van der Waals surface area contributed by atoms with Gasteiger partial charge in [-0.25, -0.2) is 0 Å². The zero-order chi connectivity index (χ0) is 10.3. The Kier molecular flexibility index (Phi) is 7.29. The van der Waals surface area contributed by atoms with Gasteiger partial charge in [-0.05, 0) is 39.0 Å². The highest BCUT2D eigenvalue weighted by Crippen LogP contribution is 2.06. The average Bonchev–Trinajstić information content (AvgIpc) is 1.98. The molecule has 0 aliphatic rings. The minimum absolute atomic E-state index is 0.310. The Hall–Kier alpha value is -0.0800. The fraction of sp³-hybridized carbons (Fsp3) is 1.00. The Morgan fingerprint density at radius 1 is 1.08 bits per heavy atom. The largest absolute Gasteiger partial charge is 0.396 e. The Labute approximate surface area is 82.7 Å². The van der Waals surface area contributed by atoms with Crippen LogP contribution >= 0.6 is 0 Å². The normalized spacial score (nSPS) is 16.2. The molecule has 0 aromatic carbocycles. The third-order valence-electron chi connectivity index (χ3n) is 2.19. The maximum atomic E-state index is 8.67. The zero-order valence-electron chi connectivity index (χ0n) is 9.51. The number of aliphatic hydroxyl groups is 1. The van der Waals surface area contributed by atoms with E-state index in [1.165, 1.54) is 6.42 Å². The second-order valence-electron chi connectivity index (χ2n) is 4.46. The highest BCUT2D eigenvalue weighted by atomic mass is 16.2. The summed E-state index contributed by atoms with van der Waals surface area (Å²) in [5.74, 6) is 0.757. The molecule has 2 heteroatoms. The van der Waals surface area contributed by atoms with Crippen LogP contribution < -0.4 is 5.32 Å². The Morgan fingerprint density at radius 3 is 2.15 bits per heavy atom. The molecule has 13 heavy (non-hydrogen) atoms. The number of rotatable bonds is 7. The van der Waals surface area contributed by atoms with Gasteiger partial charge in [-0.1, -0.05) is 13.8 Å². The molecule has 0 saturated heterocycles. The first-order chi connectivity index (χ1) is 6.06. The average molecular weight is 187 g/mol. The molecule has 2 N–H and O–H groups in total. The minimum Gasteiger partial charge on any atom is -0.396 e. The van der Waals surface area contributed by atoms with E-state index in [-0.39, 0.29) is 0 Å². The van der Waals surface area contributed by atoms with Gasteiger partial charge in [-0.15, -0.1) is 0 Å². The summed E-state index contributed by atoms with van der Waals surface area (Å²) in [6.45, 7) is 9.22. The van der Waals surface area contributed by atoms with Crippen LogP contribution in [-0.4, -0.2) is 23.8 Å². The standard InChI is InChI=1S/C11H25NO/c1-9(2)8-11(4)12-10(3)6-5-7-13/h9-13H,5-8H2,1-4H3/t10-,11+/m1/s1. The smallest absolute Gasteiger partial charge is 0.0431 e. The van der Waals surface area contributed by atoms with E-state index in [0.29, 0.717) is 18.7 Å². The van der Waals surface area contributed by atoms with Crippen LogP contribution in [0.1, 0.15) is 47.0 Å².